The van der Waals surface area contributed by atoms with Crippen molar-refractivity contribution in [1.29, 1.82) is 0 Å². The topological polar surface area (TPSA) is 48.1 Å². The van der Waals surface area contributed by atoms with E-state index in [9.17, 15) is 0 Å². The highest BCUT2D eigenvalue weighted by Crippen LogP contribution is 2.31. The van der Waals surface area contributed by atoms with Crippen molar-refractivity contribution in [2.45, 2.75) is 58.6 Å². The Hall–Kier alpha value is -1.09. The summed E-state index contributed by atoms with van der Waals surface area (Å²) in [7, 11) is 0. The van der Waals surface area contributed by atoms with Crippen LogP contribution < -0.4 is 10.5 Å². The molecule has 3 unspecified atom stereocenters. The summed E-state index contributed by atoms with van der Waals surface area (Å²) in [6.07, 6.45) is 6.63. The van der Waals surface area contributed by atoms with Crippen LogP contribution in [0.5, 0.6) is 5.75 Å². The molecule has 2 rings (SSSR count). The highest BCUT2D eigenvalue weighted by atomic mass is 16.5. The summed E-state index contributed by atoms with van der Waals surface area (Å²) in [5.74, 6) is 2.45. The van der Waals surface area contributed by atoms with Crippen LogP contribution in [0.2, 0.25) is 0 Å². The fourth-order valence-electron chi connectivity index (χ4n) is 2.69. The van der Waals surface area contributed by atoms with Crippen LogP contribution in [-0.4, -0.2) is 11.1 Å². The van der Waals surface area contributed by atoms with E-state index in [-0.39, 0.29) is 6.04 Å². The largest absolute Gasteiger partial charge is 0.489 e. The number of ether oxygens (including phenoxy) is 1. The molecule has 0 saturated heterocycles. The molecule has 1 aliphatic rings. The van der Waals surface area contributed by atoms with Gasteiger partial charge in [0, 0.05) is 6.04 Å². The molecule has 1 heterocycles. The lowest BCUT2D eigenvalue weighted by Gasteiger charge is -2.32. The molecule has 0 bridgehead atoms. The number of aromatic nitrogens is 1. The van der Waals surface area contributed by atoms with Crippen LogP contribution in [0.15, 0.2) is 18.3 Å². The van der Waals surface area contributed by atoms with Gasteiger partial charge in [0.1, 0.15) is 5.75 Å². The first-order chi connectivity index (χ1) is 9.10. The summed E-state index contributed by atoms with van der Waals surface area (Å²) in [5.41, 5.74) is 6.90. The van der Waals surface area contributed by atoms with Gasteiger partial charge in [-0.05, 0) is 49.7 Å². The highest BCUT2D eigenvalue weighted by molar-refractivity contribution is 5.21. The van der Waals surface area contributed by atoms with Gasteiger partial charge in [0.25, 0.3) is 0 Å². The zero-order chi connectivity index (χ0) is 13.8. The predicted molar refractivity (Wildman–Crippen MR) is 78.1 cm³/mol. The average Bonchev–Trinajstić information content (AvgIpc) is 2.43. The zero-order valence-corrected chi connectivity index (χ0v) is 12.3. The van der Waals surface area contributed by atoms with E-state index in [1.807, 2.05) is 18.3 Å². The Morgan fingerprint density at radius 2 is 2.11 bits per heavy atom. The van der Waals surface area contributed by atoms with Gasteiger partial charge in [0.05, 0.1) is 18.0 Å². The Balaban J connectivity index is 1.93. The summed E-state index contributed by atoms with van der Waals surface area (Å²) in [4.78, 5) is 4.40. The maximum Gasteiger partial charge on any atom is 0.138 e. The van der Waals surface area contributed by atoms with Crippen LogP contribution in [0.4, 0.5) is 0 Å². The zero-order valence-electron chi connectivity index (χ0n) is 12.3. The molecule has 3 heteroatoms. The Kier molecular flexibility index (Phi) is 4.81. The monoisotopic (exact) mass is 262 g/mol. The molecular weight excluding hydrogens is 236 g/mol. The Labute approximate surface area is 116 Å². The Morgan fingerprint density at radius 3 is 2.68 bits per heavy atom. The molecule has 0 amide bonds. The Bertz CT molecular complexity index is 390. The SMILES string of the molecule is CC[C@H](N)c1ccc(OC2CCC(C)C(C)C2)cn1. The molecule has 1 aromatic rings. The molecule has 0 radical (unpaired) electrons. The van der Waals surface area contributed by atoms with Crippen molar-refractivity contribution < 1.29 is 4.74 Å². The summed E-state index contributed by atoms with van der Waals surface area (Å²) in [5, 5.41) is 0. The molecule has 19 heavy (non-hydrogen) atoms. The van der Waals surface area contributed by atoms with E-state index in [1.54, 1.807) is 0 Å². The number of hydrogen-bond acceptors (Lipinski definition) is 3. The molecule has 0 spiro atoms. The van der Waals surface area contributed by atoms with Gasteiger partial charge in [0.15, 0.2) is 0 Å². The van der Waals surface area contributed by atoms with Crippen molar-refractivity contribution in [3.63, 3.8) is 0 Å². The van der Waals surface area contributed by atoms with Gasteiger partial charge in [-0.15, -0.1) is 0 Å². The van der Waals surface area contributed by atoms with Gasteiger partial charge >= 0.3 is 0 Å². The molecule has 0 aliphatic heterocycles. The van der Waals surface area contributed by atoms with E-state index in [4.69, 9.17) is 10.5 Å². The second-order valence-corrected chi connectivity index (χ2v) is 5.94. The molecule has 1 aromatic heterocycles. The fraction of sp³-hybridized carbons (Fsp3) is 0.688. The second-order valence-electron chi connectivity index (χ2n) is 5.94. The summed E-state index contributed by atoms with van der Waals surface area (Å²) in [6.45, 7) is 6.73. The van der Waals surface area contributed by atoms with Gasteiger partial charge in [0.2, 0.25) is 0 Å². The minimum absolute atomic E-state index is 0.0320. The van der Waals surface area contributed by atoms with Crippen LogP contribution in [0.1, 0.15) is 58.2 Å². The summed E-state index contributed by atoms with van der Waals surface area (Å²) in [6, 6.07) is 4.02. The van der Waals surface area contributed by atoms with Crippen LogP contribution in [0, 0.1) is 11.8 Å². The lowest BCUT2D eigenvalue weighted by molar-refractivity contribution is 0.100. The van der Waals surface area contributed by atoms with Gasteiger partial charge < -0.3 is 10.5 Å². The lowest BCUT2D eigenvalue weighted by atomic mass is 9.80. The maximum absolute atomic E-state index is 6.04. The quantitative estimate of drug-likeness (QED) is 0.900. The van der Waals surface area contributed by atoms with Crippen LogP contribution in [-0.2, 0) is 0 Å². The average molecular weight is 262 g/mol. The summed E-state index contributed by atoms with van der Waals surface area (Å²) >= 11 is 0. The number of hydrogen-bond donors (Lipinski definition) is 1. The highest BCUT2D eigenvalue weighted by Gasteiger charge is 2.25. The molecule has 106 valence electrons. The number of pyridine rings is 1. The fourth-order valence-corrected chi connectivity index (χ4v) is 2.69. The van der Waals surface area contributed by atoms with Crippen molar-refractivity contribution in [1.82, 2.24) is 4.98 Å². The molecule has 3 nitrogen and oxygen atoms in total. The first-order valence-electron chi connectivity index (χ1n) is 7.48. The molecule has 1 aliphatic carbocycles. The van der Waals surface area contributed by atoms with Gasteiger partial charge in [-0.1, -0.05) is 20.8 Å². The van der Waals surface area contributed by atoms with Crippen LogP contribution >= 0.6 is 0 Å². The smallest absolute Gasteiger partial charge is 0.138 e. The van der Waals surface area contributed by atoms with Crippen molar-refractivity contribution in [2.24, 2.45) is 17.6 Å². The third kappa shape index (κ3) is 3.69. The molecule has 1 saturated carbocycles. The van der Waals surface area contributed by atoms with Crippen LogP contribution in [0.3, 0.4) is 0 Å². The van der Waals surface area contributed by atoms with E-state index in [0.717, 1.165) is 42.5 Å². The minimum Gasteiger partial charge on any atom is -0.489 e. The lowest BCUT2D eigenvalue weighted by Crippen LogP contribution is -2.28. The van der Waals surface area contributed by atoms with Gasteiger partial charge in [-0.2, -0.15) is 0 Å². The van der Waals surface area contributed by atoms with E-state index in [2.05, 4.69) is 25.8 Å². The number of rotatable bonds is 4. The van der Waals surface area contributed by atoms with Gasteiger partial charge in [-0.25, -0.2) is 0 Å². The third-order valence-electron chi connectivity index (χ3n) is 4.43. The summed E-state index contributed by atoms with van der Waals surface area (Å²) < 4.78 is 6.04. The number of nitrogens with zero attached hydrogens (tertiary/aromatic N) is 1. The predicted octanol–water partition coefficient (Wildman–Crippen LogP) is 3.69. The van der Waals surface area contributed by atoms with Crippen LogP contribution in [0.25, 0.3) is 0 Å². The van der Waals surface area contributed by atoms with Crippen molar-refractivity contribution in [3.05, 3.63) is 24.0 Å². The second kappa shape index (κ2) is 6.38. The van der Waals surface area contributed by atoms with Crippen molar-refractivity contribution in [2.75, 3.05) is 0 Å². The Morgan fingerprint density at radius 1 is 1.32 bits per heavy atom. The minimum atomic E-state index is 0.0320. The molecule has 0 aromatic carbocycles. The molecular formula is C16H26N2O. The van der Waals surface area contributed by atoms with E-state index in [0.29, 0.717) is 6.10 Å². The maximum atomic E-state index is 6.04. The molecule has 2 N–H and O–H groups in total. The van der Waals surface area contributed by atoms with E-state index < -0.39 is 0 Å². The van der Waals surface area contributed by atoms with E-state index >= 15 is 0 Å². The molecule has 4 atom stereocenters. The third-order valence-corrected chi connectivity index (χ3v) is 4.43. The standard InChI is InChI=1S/C16H26N2O/c1-4-15(17)16-8-7-14(10-18-16)19-13-6-5-11(2)12(3)9-13/h7-8,10-13,15H,4-6,9,17H2,1-3H3/t11?,12?,13?,15-/m0/s1. The first-order valence-corrected chi connectivity index (χ1v) is 7.48. The van der Waals surface area contributed by atoms with Crippen molar-refractivity contribution in [3.8, 4) is 5.75 Å². The first kappa shape index (κ1) is 14.3. The van der Waals surface area contributed by atoms with Crippen molar-refractivity contribution >= 4 is 0 Å². The van der Waals surface area contributed by atoms with E-state index in [1.165, 1.54) is 6.42 Å². The van der Waals surface area contributed by atoms with Gasteiger partial charge in [-0.3, -0.25) is 4.98 Å². The molecule has 1 fully saturated rings. The number of nitrogens with two attached hydrogens (primary N) is 1. The normalized spacial score (nSPS) is 28.9.